The molecule has 0 saturated carbocycles. The summed E-state index contributed by atoms with van der Waals surface area (Å²) in [6, 6.07) is 0. The number of ether oxygens (including phenoxy) is 2. The average molecular weight is 666 g/mol. The predicted molar refractivity (Wildman–Crippen MR) is 166 cm³/mol. The summed E-state index contributed by atoms with van der Waals surface area (Å²) in [6.07, 6.45) is 14.9. The van der Waals surface area contributed by atoms with Gasteiger partial charge in [0.15, 0.2) is 0 Å². The molecule has 0 rings (SSSR count). The molecule has 218 valence electrons. The number of hydrogen-bond donors (Lipinski definition) is 2. The molecule has 0 bridgehead atoms. The van der Waals surface area contributed by atoms with Gasteiger partial charge < -0.3 is 0 Å². The number of unbranched alkanes of at least 4 members (excludes halogenated alkanes) is 4. The van der Waals surface area contributed by atoms with Crippen LogP contribution in [0.3, 0.4) is 0 Å². The number of carbonyl (C=O) groups is 2. The van der Waals surface area contributed by atoms with Crippen molar-refractivity contribution in [3.63, 3.8) is 0 Å². The molecule has 0 aromatic rings. The van der Waals surface area contributed by atoms with Crippen molar-refractivity contribution in [1.82, 2.24) is 0 Å². The molecule has 7 heteroatoms. The number of rotatable bonds is 24. The fourth-order valence-electron chi connectivity index (χ4n) is 4.66. The molecule has 37 heavy (non-hydrogen) atoms. The second-order valence-electron chi connectivity index (χ2n) is 10.8. The van der Waals surface area contributed by atoms with Gasteiger partial charge in [-0.15, -0.1) is 0 Å². The van der Waals surface area contributed by atoms with Gasteiger partial charge in [-0.05, 0) is 0 Å². The second-order valence-corrected chi connectivity index (χ2v) is 19.3. The van der Waals surface area contributed by atoms with Crippen LogP contribution >= 0.6 is 25.3 Å². The topological polar surface area (TPSA) is 52.6 Å². The zero-order valence-electron chi connectivity index (χ0n) is 24.9. The fraction of sp³-hybridized carbons (Fsp3) is 0.933. The third-order valence-electron chi connectivity index (χ3n) is 7.61. The van der Waals surface area contributed by atoms with Crippen molar-refractivity contribution in [3.05, 3.63) is 0 Å². The van der Waals surface area contributed by atoms with E-state index in [1.165, 1.54) is 12.8 Å². The Bertz CT molecular complexity index is 582. The van der Waals surface area contributed by atoms with Crippen LogP contribution in [0.15, 0.2) is 0 Å². The molecule has 0 aliphatic rings. The molecule has 4 atom stereocenters. The van der Waals surface area contributed by atoms with Crippen molar-refractivity contribution in [2.45, 2.75) is 144 Å². The molecule has 0 saturated heterocycles. The maximum absolute atomic E-state index is 13.8. The van der Waals surface area contributed by atoms with Crippen LogP contribution in [0.5, 0.6) is 0 Å². The Morgan fingerprint density at radius 3 is 1.62 bits per heavy atom. The summed E-state index contributed by atoms with van der Waals surface area (Å²) in [7, 11) is 0. The molecule has 0 aliphatic carbocycles. The van der Waals surface area contributed by atoms with E-state index < -0.39 is 26.6 Å². The van der Waals surface area contributed by atoms with Gasteiger partial charge in [0, 0.05) is 0 Å². The van der Waals surface area contributed by atoms with Crippen molar-refractivity contribution < 1.29 is 19.1 Å². The predicted octanol–water partition coefficient (Wildman–Crippen LogP) is 8.48. The van der Waals surface area contributed by atoms with E-state index >= 15 is 0 Å². The Morgan fingerprint density at radius 2 is 1.19 bits per heavy atom. The molecular formula is C30H58O4S2Sn. The zero-order valence-corrected chi connectivity index (χ0v) is 29.5. The molecule has 0 spiro atoms. The van der Waals surface area contributed by atoms with Crippen molar-refractivity contribution >= 4 is 58.3 Å². The first-order valence-corrected chi connectivity index (χ1v) is 19.5. The summed E-state index contributed by atoms with van der Waals surface area (Å²) in [5.74, 6) is 0.645. The van der Waals surface area contributed by atoms with Crippen LogP contribution in [0.1, 0.15) is 138 Å². The molecule has 0 aromatic heterocycles. The van der Waals surface area contributed by atoms with Crippen LogP contribution in [-0.2, 0) is 19.1 Å². The molecule has 0 heterocycles. The van der Waals surface area contributed by atoms with E-state index in [-0.39, 0.29) is 18.5 Å². The number of thiol groups is 2. The Labute approximate surface area is 251 Å². The van der Waals surface area contributed by atoms with Gasteiger partial charge in [0.05, 0.1) is 0 Å². The van der Waals surface area contributed by atoms with Crippen LogP contribution in [0.4, 0.5) is 0 Å². The SMILES string of the molecule is CCCCC(CC)COC(=O)C[CH](S)[Sn][CH](S)C(CCCC)(CCCC)C(=O)OCC(CC)CCCC. The first-order valence-electron chi connectivity index (χ1n) is 15.2. The summed E-state index contributed by atoms with van der Waals surface area (Å²) in [5, 5.41) is 0. The van der Waals surface area contributed by atoms with Gasteiger partial charge >= 0.3 is 252 Å². The van der Waals surface area contributed by atoms with E-state index in [4.69, 9.17) is 34.7 Å². The fourth-order valence-corrected chi connectivity index (χ4v) is 12.1. The third kappa shape index (κ3) is 15.7. The average Bonchev–Trinajstić information content (AvgIpc) is 2.88. The molecule has 0 N–H and O–H groups in total. The van der Waals surface area contributed by atoms with Gasteiger partial charge in [0.2, 0.25) is 0 Å². The van der Waals surface area contributed by atoms with Crippen LogP contribution in [0.25, 0.3) is 0 Å². The van der Waals surface area contributed by atoms with Gasteiger partial charge in [-0.25, -0.2) is 0 Å². The number of esters is 2. The minimum atomic E-state index is -1.31. The summed E-state index contributed by atoms with van der Waals surface area (Å²) < 4.78 is 11.6. The van der Waals surface area contributed by atoms with Crippen LogP contribution in [0.2, 0.25) is 0 Å². The van der Waals surface area contributed by atoms with Gasteiger partial charge in [-0.2, -0.15) is 0 Å². The second kappa shape index (κ2) is 23.2. The summed E-state index contributed by atoms with van der Waals surface area (Å²) in [5.41, 5.74) is -0.567. The Kier molecular flexibility index (Phi) is 23.4. The zero-order chi connectivity index (χ0) is 28.1. The normalized spacial score (nSPS) is 15.1. The summed E-state index contributed by atoms with van der Waals surface area (Å²) in [4.78, 5) is 26.3. The molecule has 0 aromatic carbocycles. The van der Waals surface area contributed by atoms with E-state index in [2.05, 4.69) is 41.5 Å². The Hall–Kier alpha value is 0.439. The van der Waals surface area contributed by atoms with E-state index in [1.807, 2.05) is 0 Å². The van der Waals surface area contributed by atoms with Gasteiger partial charge in [-0.3, -0.25) is 0 Å². The van der Waals surface area contributed by atoms with Crippen LogP contribution in [0, 0.1) is 17.3 Å². The molecule has 0 aliphatic heterocycles. The first-order chi connectivity index (χ1) is 17.7. The van der Waals surface area contributed by atoms with Crippen molar-refractivity contribution in [1.29, 1.82) is 0 Å². The van der Waals surface area contributed by atoms with Crippen molar-refractivity contribution in [2.24, 2.45) is 17.3 Å². The number of carbonyl (C=O) groups excluding carboxylic acids is 2. The number of hydrogen-bond acceptors (Lipinski definition) is 6. The molecular weight excluding hydrogens is 607 g/mol. The quantitative estimate of drug-likeness (QED) is 0.0617. The minimum absolute atomic E-state index is 0.0299. The van der Waals surface area contributed by atoms with Gasteiger partial charge in [0.25, 0.3) is 0 Å². The summed E-state index contributed by atoms with van der Waals surface area (Å²) in [6.45, 7) is 14.1. The third-order valence-corrected chi connectivity index (χ3v) is 14.4. The van der Waals surface area contributed by atoms with E-state index in [0.717, 1.165) is 77.0 Å². The van der Waals surface area contributed by atoms with Crippen LogP contribution in [-0.4, -0.2) is 52.8 Å². The Morgan fingerprint density at radius 1 is 0.730 bits per heavy atom. The standard InChI is InChI=1S/C19H37O2S.C11H21O2S.Sn/c1-5-9-12-17(8-4)15-21-18(20)19(16-22,13-10-6-2)14-11-7-3;1-3-5-6-10(4-2)9-13-11(12)7-8-14;/h16-17,22H,5-15H2,1-4H3;8,10,14H,3-7,9H2,1-2H3;. The summed E-state index contributed by atoms with van der Waals surface area (Å²) >= 11 is 8.61. The van der Waals surface area contributed by atoms with Crippen molar-refractivity contribution in [2.75, 3.05) is 13.2 Å². The van der Waals surface area contributed by atoms with Crippen molar-refractivity contribution in [3.8, 4) is 0 Å². The van der Waals surface area contributed by atoms with E-state index in [1.54, 1.807) is 0 Å². The Balaban J connectivity index is 5.32. The van der Waals surface area contributed by atoms with E-state index in [0.29, 0.717) is 31.5 Å². The van der Waals surface area contributed by atoms with Gasteiger partial charge in [-0.1, -0.05) is 0 Å². The first kappa shape index (κ1) is 37.4. The van der Waals surface area contributed by atoms with Crippen LogP contribution < -0.4 is 0 Å². The molecule has 4 nitrogen and oxygen atoms in total. The molecule has 4 unspecified atom stereocenters. The monoisotopic (exact) mass is 666 g/mol. The maximum atomic E-state index is 13.8. The molecule has 0 amide bonds. The van der Waals surface area contributed by atoms with Gasteiger partial charge in [0.1, 0.15) is 0 Å². The molecule has 2 radical (unpaired) electrons. The van der Waals surface area contributed by atoms with E-state index in [9.17, 15) is 9.59 Å². The molecule has 0 fully saturated rings.